The van der Waals surface area contributed by atoms with Crippen molar-refractivity contribution in [2.75, 3.05) is 0 Å². The second-order valence-corrected chi connectivity index (χ2v) is 9.44. The molecule has 23 heavy (non-hydrogen) atoms. The van der Waals surface area contributed by atoms with Gasteiger partial charge in [0.05, 0.1) is 21.8 Å². The number of benzene rings is 1. The summed E-state index contributed by atoms with van der Waals surface area (Å²) in [7, 11) is -1.20. The first-order chi connectivity index (χ1) is 10.8. The van der Waals surface area contributed by atoms with Gasteiger partial charge < -0.3 is 0 Å². The topological polar surface area (TPSA) is 46.2 Å². The summed E-state index contributed by atoms with van der Waals surface area (Å²) >= 11 is 0. The molecule has 0 bridgehead atoms. The molecule has 0 amide bonds. The predicted molar refractivity (Wildman–Crippen MR) is 96.3 cm³/mol. The lowest BCUT2D eigenvalue weighted by atomic mass is 9.72. The summed E-state index contributed by atoms with van der Waals surface area (Å²) in [5.74, 6) is 0.601. The summed E-state index contributed by atoms with van der Waals surface area (Å²) in [6, 6.07) is 9.84. The van der Waals surface area contributed by atoms with E-state index >= 15 is 0 Å². The van der Waals surface area contributed by atoms with Gasteiger partial charge in [-0.3, -0.25) is 4.79 Å². The van der Waals surface area contributed by atoms with Crippen LogP contribution in [0.4, 0.5) is 0 Å². The van der Waals surface area contributed by atoms with Crippen molar-refractivity contribution in [1.29, 1.82) is 0 Å². The summed E-state index contributed by atoms with van der Waals surface area (Å²) < 4.78 is 15.6. The van der Waals surface area contributed by atoms with Crippen LogP contribution in [-0.4, -0.2) is 14.7 Å². The highest BCUT2D eigenvalue weighted by atomic mass is 32.2. The van der Waals surface area contributed by atoms with Crippen LogP contribution in [0.15, 0.2) is 30.3 Å². The van der Waals surface area contributed by atoms with Gasteiger partial charge in [0.25, 0.3) is 0 Å². The third-order valence-corrected chi connectivity index (χ3v) is 6.29. The molecule has 0 aliphatic heterocycles. The maximum atomic E-state index is 12.7. The van der Waals surface area contributed by atoms with Crippen molar-refractivity contribution in [2.24, 2.45) is 11.8 Å². The van der Waals surface area contributed by atoms with Crippen molar-refractivity contribution in [3.8, 4) is 0 Å². The van der Waals surface area contributed by atoms with E-state index in [1.807, 2.05) is 51.1 Å². The minimum atomic E-state index is -1.20. The van der Waals surface area contributed by atoms with Crippen LogP contribution in [0.2, 0.25) is 0 Å². The molecule has 1 unspecified atom stereocenters. The van der Waals surface area contributed by atoms with E-state index in [2.05, 4.69) is 11.6 Å². The molecule has 1 saturated carbocycles. The van der Waals surface area contributed by atoms with Gasteiger partial charge in [-0.05, 0) is 45.1 Å². The summed E-state index contributed by atoms with van der Waals surface area (Å²) in [5.41, 5.74) is 1.06. The zero-order chi connectivity index (χ0) is 17.0. The van der Waals surface area contributed by atoms with Crippen LogP contribution in [-0.2, 0) is 15.8 Å². The molecule has 4 heteroatoms. The van der Waals surface area contributed by atoms with E-state index in [9.17, 15) is 9.00 Å². The molecule has 0 spiro atoms. The van der Waals surface area contributed by atoms with Crippen molar-refractivity contribution in [3.05, 3.63) is 35.9 Å². The summed E-state index contributed by atoms with van der Waals surface area (Å²) in [5, 5.41) is 0. The normalized spacial score (nSPS) is 25.1. The van der Waals surface area contributed by atoms with Gasteiger partial charge in [-0.2, -0.15) is 0 Å². The van der Waals surface area contributed by atoms with Crippen LogP contribution in [0.25, 0.3) is 0 Å². The number of rotatable bonds is 5. The number of nitrogens with one attached hydrogen (secondary N) is 1. The van der Waals surface area contributed by atoms with Crippen LogP contribution in [0.3, 0.4) is 0 Å². The van der Waals surface area contributed by atoms with Gasteiger partial charge in [-0.1, -0.05) is 43.7 Å². The SMILES string of the molecule is CC[C@H]1CCCC(=O)[C@@H]1[C@@H](NS(=O)C(C)(C)C)c1ccccc1. The van der Waals surface area contributed by atoms with Crippen molar-refractivity contribution in [2.45, 2.75) is 64.2 Å². The zero-order valence-corrected chi connectivity index (χ0v) is 15.5. The number of Topliss-reactive ketones (excluding diaryl/α,β-unsaturated/α-hetero) is 1. The smallest absolute Gasteiger partial charge is 0.138 e. The second-order valence-electron chi connectivity index (χ2n) is 7.44. The summed E-state index contributed by atoms with van der Waals surface area (Å²) in [6.45, 7) is 8.02. The fourth-order valence-electron chi connectivity index (χ4n) is 3.36. The molecule has 1 N–H and O–H groups in total. The van der Waals surface area contributed by atoms with Crippen molar-refractivity contribution in [3.63, 3.8) is 0 Å². The Morgan fingerprint density at radius 1 is 1.26 bits per heavy atom. The fourth-order valence-corrected chi connectivity index (χ4v) is 4.23. The van der Waals surface area contributed by atoms with Gasteiger partial charge in [0.2, 0.25) is 0 Å². The average Bonchev–Trinajstić information content (AvgIpc) is 2.52. The van der Waals surface area contributed by atoms with Gasteiger partial charge in [-0.15, -0.1) is 0 Å². The van der Waals surface area contributed by atoms with Gasteiger partial charge in [-0.25, -0.2) is 8.93 Å². The van der Waals surface area contributed by atoms with Crippen LogP contribution < -0.4 is 4.72 Å². The number of ketones is 1. The highest BCUT2D eigenvalue weighted by Crippen LogP contribution is 2.39. The number of hydrogen-bond donors (Lipinski definition) is 1. The maximum Gasteiger partial charge on any atom is 0.138 e. The van der Waals surface area contributed by atoms with E-state index in [1.54, 1.807) is 0 Å². The van der Waals surface area contributed by atoms with E-state index < -0.39 is 11.0 Å². The Morgan fingerprint density at radius 3 is 2.48 bits per heavy atom. The molecule has 0 radical (unpaired) electrons. The standard InChI is InChI=1S/C19H29NO2S/c1-5-14-12-9-13-16(21)17(14)18(15-10-7-6-8-11-15)20-23(22)19(2,3)4/h6-8,10-11,14,17-18,20H,5,9,12-13H2,1-4H3/t14-,17+,18-,23?/m0/s1. The van der Waals surface area contributed by atoms with Crippen LogP contribution >= 0.6 is 0 Å². The van der Waals surface area contributed by atoms with E-state index in [4.69, 9.17) is 0 Å². The molecule has 1 aliphatic carbocycles. The van der Waals surface area contributed by atoms with Crippen LogP contribution in [0.5, 0.6) is 0 Å². The number of hydrogen-bond acceptors (Lipinski definition) is 2. The molecule has 0 aromatic heterocycles. The first-order valence-electron chi connectivity index (χ1n) is 8.60. The first kappa shape index (κ1) is 18.3. The lowest BCUT2D eigenvalue weighted by Gasteiger charge is -2.37. The quantitative estimate of drug-likeness (QED) is 0.877. The molecule has 1 aromatic carbocycles. The Hall–Kier alpha value is -1.00. The molecule has 128 valence electrons. The molecular weight excluding hydrogens is 306 g/mol. The lowest BCUT2D eigenvalue weighted by Crippen LogP contribution is -2.44. The number of carbonyl (C=O) groups excluding carboxylic acids is 1. The second kappa shape index (κ2) is 7.71. The summed E-state index contributed by atoms with van der Waals surface area (Å²) in [6.07, 6.45) is 3.70. The zero-order valence-electron chi connectivity index (χ0n) is 14.7. The summed E-state index contributed by atoms with van der Waals surface area (Å²) in [4.78, 5) is 12.7. The molecule has 1 aliphatic rings. The third-order valence-electron chi connectivity index (χ3n) is 4.71. The van der Waals surface area contributed by atoms with E-state index in [1.165, 1.54) is 0 Å². The molecular formula is C19H29NO2S. The van der Waals surface area contributed by atoms with Crippen LogP contribution in [0, 0.1) is 11.8 Å². The van der Waals surface area contributed by atoms with Crippen LogP contribution in [0.1, 0.15) is 65.0 Å². The van der Waals surface area contributed by atoms with Crippen molar-refractivity contribution >= 4 is 16.8 Å². The Morgan fingerprint density at radius 2 is 1.91 bits per heavy atom. The van der Waals surface area contributed by atoms with Crippen molar-refractivity contribution in [1.82, 2.24) is 4.72 Å². The Bertz CT molecular complexity index is 550. The van der Waals surface area contributed by atoms with Gasteiger partial charge in [0, 0.05) is 12.3 Å². The minimum absolute atomic E-state index is 0.0811. The molecule has 2 rings (SSSR count). The Kier molecular flexibility index (Phi) is 6.15. The molecule has 1 aromatic rings. The molecule has 0 heterocycles. The maximum absolute atomic E-state index is 12.7. The average molecular weight is 336 g/mol. The molecule has 1 fully saturated rings. The first-order valence-corrected chi connectivity index (χ1v) is 9.75. The molecule has 3 nitrogen and oxygen atoms in total. The monoisotopic (exact) mass is 335 g/mol. The Balaban J connectivity index is 2.36. The lowest BCUT2D eigenvalue weighted by molar-refractivity contribution is -0.127. The van der Waals surface area contributed by atoms with Gasteiger partial charge >= 0.3 is 0 Å². The van der Waals surface area contributed by atoms with E-state index in [0.29, 0.717) is 18.1 Å². The fraction of sp³-hybridized carbons (Fsp3) is 0.632. The molecule has 4 atom stereocenters. The molecule has 0 saturated heterocycles. The predicted octanol–water partition coefficient (Wildman–Crippen LogP) is 4.17. The Labute approximate surface area is 142 Å². The van der Waals surface area contributed by atoms with E-state index in [-0.39, 0.29) is 16.7 Å². The van der Waals surface area contributed by atoms with Gasteiger partial charge in [0.15, 0.2) is 0 Å². The minimum Gasteiger partial charge on any atom is -0.299 e. The largest absolute Gasteiger partial charge is 0.299 e. The van der Waals surface area contributed by atoms with Gasteiger partial charge in [0.1, 0.15) is 5.78 Å². The highest BCUT2D eigenvalue weighted by molar-refractivity contribution is 7.84. The number of carbonyl (C=O) groups is 1. The van der Waals surface area contributed by atoms with E-state index in [0.717, 1.165) is 24.8 Å². The third kappa shape index (κ3) is 4.51. The highest BCUT2D eigenvalue weighted by Gasteiger charge is 2.39. The van der Waals surface area contributed by atoms with Crippen molar-refractivity contribution < 1.29 is 9.00 Å².